The first-order valence-corrected chi connectivity index (χ1v) is 7.79. The predicted molar refractivity (Wildman–Crippen MR) is 89.8 cm³/mol. The van der Waals surface area contributed by atoms with Gasteiger partial charge < -0.3 is 10.6 Å². The number of para-hydroxylation sites is 1. The molecule has 0 radical (unpaired) electrons. The molecule has 21 heavy (non-hydrogen) atoms. The van der Waals surface area contributed by atoms with E-state index in [9.17, 15) is 0 Å². The Labute approximate surface area is 127 Å². The second kappa shape index (κ2) is 5.90. The van der Waals surface area contributed by atoms with Gasteiger partial charge in [0.25, 0.3) is 0 Å². The van der Waals surface area contributed by atoms with E-state index in [2.05, 4.69) is 67.4 Å². The van der Waals surface area contributed by atoms with Gasteiger partial charge in [0.2, 0.25) is 0 Å². The van der Waals surface area contributed by atoms with Crippen LogP contribution in [0.2, 0.25) is 0 Å². The number of likely N-dealkylation sites (N-methyl/N-ethyl adjacent to an activating group) is 1. The van der Waals surface area contributed by atoms with Gasteiger partial charge in [-0.15, -0.1) is 0 Å². The lowest BCUT2D eigenvalue weighted by Gasteiger charge is -2.31. The highest BCUT2D eigenvalue weighted by Crippen LogP contribution is 2.41. The standard InChI is InChI=1S/C19H24N2/c1-14-6-3-4-9-18(14)21(2)19(13-20)17-8-5-7-16(12-17)15-10-11-15/h3-9,12,15,19H,10-11,13,20H2,1-2H3. The molecule has 2 aromatic carbocycles. The average Bonchev–Trinajstić information content (AvgIpc) is 3.33. The predicted octanol–water partition coefficient (Wildman–Crippen LogP) is 4.01. The molecule has 1 fully saturated rings. The van der Waals surface area contributed by atoms with Crippen molar-refractivity contribution in [3.8, 4) is 0 Å². The molecule has 2 heteroatoms. The van der Waals surface area contributed by atoms with E-state index in [0.717, 1.165) is 5.92 Å². The lowest BCUT2D eigenvalue weighted by atomic mass is 10.00. The van der Waals surface area contributed by atoms with Crippen molar-refractivity contribution in [1.82, 2.24) is 0 Å². The van der Waals surface area contributed by atoms with Gasteiger partial charge in [-0.2, -0.15) is 0 Å². The van der Waals surface area contributed by atoms with Crippen LogP contribution in [0.5, 0.6) is 0 Å². The number of nitrogens with two attached hydrogens (primary N) is 1. The van der Waals surface area contributed by atoms with Crippen molar-refractivity contribution in [2.75, 3.05) is 18.5 Å². The van der Waals surface area contributed by atoms with Crippen LogP contribution in [0.15, 0.2) is 48.5 Å². The molecule has 0 spiro atoms. The van der Waals surface area contributed by atoms with Gasteiger partial charge in [-0.1, -0.05) is 42.5 Å². The van der Waals surface area contributed by atoms with Crippen LogP contribution in [0.1, 0.15) is 41.5 Å². The molecule has 1 saturated carbocycles. The second-order valence-electron chi connectivity index (χ2n) is 6.09. The van der Waals surface area contributed by atoms with Gasteiger partial charge in [0, 0.05) is 19.3 Å². The van der Waals surface area contributed by atoms with Crippen molar-refractivity contribution in [2.24, 2.45) is 5.73 Å². The van der Waals surface area contributed by atoms with Crippen molar-refractivity contribution in [2.45, 2.75) is 31.7 Å². The fourth-order valence-electron chi connectivity index (χ4n) is 3.08. The number of aryl methyl sites for hydroxylation is 1. The highest BCUT2D eigenvalue weighted by Gasteiger charge is 2.25. The molecule has 0 heterocycles. The quantitative estimate of drug-likeness (QED) is 0.896. The summed E-state index contributed by atoms with van der Waals surface area (Å²) in [5.41, 5.74) is 11.4. The average molecular weight is 280 g/mol. The molecule has 110 valence electrons. The number of hydrogen-bond acceptors (Lipinski definition) is 2. The van der Waals surface area contributed by atoms with Gasteiger partial charge in [0.1, 0.15) is 0 Å². The summed E-state index contributed by atoms with van der Waals surface area (Å²) in [5, 5.41) is 0. The number of hydrogen-bond donors (Lipinski definition) is 1. The third-order valence-electron chi connectivity index (χ3n) is 4.53. The van der Waals surface area contributed by atoms with E-state index in [0.29, 0.717) is 6.54 Å². The highest BCUT2D eigenvalue weighted by molar-refractivity contribution is 5.54. The number of rotatable bonds is 5. The minimum absolute atomic E-state index is 0.227. The lowest BCUT2D eigenvalue weighted by molar-refractivity contribution is 0.678. The number of nitrogens with zero attached hydrogens (tertiary/aromatic N) is 1. The Kier molecular flexibility index (Phi) is 3.98. The van der Waals surface area contributed by atoms with Crippen LogP contribution >= 0.6 is 0 Å². The Balaban J connectivity index is 1.90. The van der Waals surface area contributed by atoms with E-state index >= 15 is 0 Å². The molecule has 1 unspecified atom stereocenters. The SMILES string of the molecule is Cc1ccccc1N(C)C(CN)c1cccc(C2CC2)c1. The first kappa shape index (κ1) is 14.2. The van der Waals surface area contributed by atoms with Gasteiger partial charge in [-0.3, -0.25) is 0 Å². The molecule has 2 aromatic rings. The summed E-state index contributed by atoms with van der Waals surface area (Å²) in [7, 11) is 2.14. The summed E-state index contributed by atoms with van der Waals surface area (Å²) in [6, 6.07) is 17.7. The van der Waals surface area contributed by atoms with Gasteiger partial charge in [0.05, 0.1) is 6.04 Å². The Morgan fingerprint density at radius 2 is 1.90 bits per heavy atom. The molecule has 1 aliphatic carbocycles. The minimum Gasteiger partial charge on any atom is -0.366 e. The van der Waals surface area contributed by atoms with Crippen LogP contribution in [-0.2, 0) is 0 Å². The van der Waals surface area contributed by atoms with Crippen LogP contribution < -0.4 is 10.6 Å². The third kappa shape index (κ3) is 2.96. The molecular formula is C19H24N2. The Morgan fingerprint density at radius 3 is 2.57 bits per heavy atom. The van der Waals surface area contributed by atoms with E-state index in [1.807, 2.05) is 0 Å². The minimum atomic E-state index is 0.227. The zero-order valence-corrected chi connectivity index (χ0v) is 12.9. The monoisotopic (exact) mass is 280 g/mol. The second-order valence-corrected chi connectivity index (χ2v) is 6.09. The van der Waals surface area contributed by atoms with Crippen LogP contribution in [0.25, 0.3) is 0 Å². The Hall–Kier alpha value is -1.80. The summed E-state index contributed by atoms with van der Waals surface area (Å²) in [6.45, 7) is 2.78. The van der Waals surface area contributed by atoms with Gasteiger partial charge in [-0.25, -0.2) is 0 Å². The van der Waals surface area contributed by atoms with Gasteiger partial charge in [-0.05, 0) is 48.4 Å². The van der Waals surface area contributed by atoms with E-state index in [4.69, 9.17) is 5.73 Å². The molecule has 2 N–H and O–H groups in total. The fourth-order valence-corrected chi connectivity index (χ4v) is 3.08. The molecule has 0 amide bonds. The fraction of sp³-hybridized carbons (Fsp3) is 0.368. The van der Waals surface area contributed by atoms with Gasteiger partial charge >= 0.3 is 0 Å². The van der Waals surface area contributed by atoms with Crippen molar-refractivity contribution in [3.63, 3.8) is 0 Å². The first-order chi connectivity index (χ1) is 10.2. The maximum absolute atomic E-state index is 6.09. The van der Waals surface area contributed by atoms with Crippen LogP contribution in [0, 0.1) is 6.92 Å². The van der Waals surface area contributed by atoms with E-state index in [1.165, 1.54) is 35.2 Å². The van der Waals surface area contributed by atoms with E-state index in [-0.39, 0.29) is 6.04 Å². The largest absolute Gasteiger partial charge is 0.366 e. The summed E-state index contributed by atoms with van der Waals surface area (Å²) in [4.78, 5) is 2.31. The lowest BCUT2D eigenvalue weighted by Crippen LogP contribution is -2.31. The van der Waals surface area contributed by atoms with Gasteiger partial charge in [0.15, 0.2) is 0 Å². The molecule has 0 aromatic heterocycles. The maximum atomic E-state index is 6.09. The summed E-state index contributed by atoms with van der Waals surface area (Å²) < 4.78 is 0. The molecule has 0 bridgehead atoms. The van der Waals surface area contributed by atoms with Crippen molar-refractivity contribution >= 4 is 5.69 Å². The van der Waals surface area contributed by atoms with Crippen LogP contribution in [0.4, 0.5) is 5.69 Å². The maximum Gasteiger partial charge on any atom is 0.0661 e. The van der Waals surface area contributed by atoms with Crippen molar-refractivity contribution < 1.29 is 0 Å². The normalized spacial score (nSPS) is 15.8. The summed E-state index contributed by atoms with van der Waals surface area (Å²) in [6.07, 6.45) is 2.68. The molecule has 0 aliphatic heterocycles. The number of benzene rings is 2. The van der Waals surface area contributed by atoms with E-state index < -0.39 is 0 Å². The molecule has 1 atom stereocenters. The molecule has 2 nitrogen and oxygen atoms in total. The first-order valence-electron chi connectivity index (χ1n) is 7.79. The number of anilines is 1. The topological polar surface area (TPSA) is 29.3 Å². The van der Waals surface area contributed by atoms with Crippen molar-refractivity contribution in [1.29, 1.82) is 0 Å². The smallest absolute Gasteiger partial charge is 0.0661 e. The molecular weight excluding hydrogens is 256 g/mol. The van der Waals surface area contributed by atoms with Crippen LogP contribution in [0.3, 0.4) is 0 Å². The Morgan fingerprint density at radius 1 is 1.14 bits per heavy atom. The summed E-state index contributed by atoms with van der Waals surface area (Å²) in [5.74, 6) is 0.784. The Bertz CT molecular complexity index is 616. The highest BCUT2D eigenvalue weighted by atomic mass is 15.1. The van der Waals surface area contributed by atoms with E-state index in [1.54, 1.807) is 0 Å². The van der Waals surface area contributed by atoms with Crippen LogP contribution in [-0.4, -0.2) is 13.6 Å². The van der Waals surface area contributed by atoms with Crippen molar-refractivity contribution in [3.05, 3.63) is 65.2 Å². The third-order valence-corrected chi connectivity index (χ3v) is 4.53. The molecule has 1 aliphatic rings. The molecule has 0 saturated heterocycles. The summed E-state index contributed by atoms with van der Waals surface area (Å²) >= 11 is 0. The zero-order chi connectivity index (χ0) is 14.8. The zero-order valence-electron chi connectivity index (χ0n) is 12.9. The molecule has 3 rings (SSSR count).